The molecule has 2 N–H and O–H groups in total. The van der Waals surface area contributed by atoms with Gasteiger partial charge in [-0.05, 0) is 43.3 Å². The minimum Gasteiger partial charge on any atom is -0.314 e. The lowest BCUT2D eigenvalue weighted by Crippen LogP contribution is -2.42. The molecule has 1 aromatic carbocycles. The van der Waals surface area contributed by atoms with Gasteiger partial charge in [-0.1, -0.05) is 29.8 Å². The van der Waals surface area contributed by atoms with Crippen molar-refractivity contribution in [3.05, 3.63) is 90.0 Å². The van der Waals surface area contributed by atoms with Crippen molar-refractivity contribution in [2.45, 2.75) is 30.3 Å². The Hall–Kier alpha value is -2.61. The van der Waals surface area contributed by atoms with E-state index in [1.54, 1.807) is 36.7 Å². The lowest BCUT2D eigenvalue weighted by molar-refractivity contribution is 0.250. The van der Waals surface area contributed by atoms with Crippen LogP contribution in [0.1, 0.15) is 17.0 Å². The SMILES string of the molecule is Cc1ccc(S(=O)(=O)C(N)CN(Cc2ccccn2)Cc2ccccn2)cc1. The molecule has 3 rings (SSSR count). The minimum absolute atomic E-state index is 0.170. The van der Waals surface area contributed by atoms with E-state index in [0.29, 0.717) is 13.1 Å². The van der Waals surface area contributed by atoms with Crippen LogP contribution < -0.4 is 5.73 Å². The summed E-state index contributed by atoms with van der Waals surface area (Å²) in [6, 6.07) is 18.1. The van der Waals surface area contributed by atoms with E-state index in [1.165, 1.54) is 0 Å². The summed E-state index contributed by atoms with van der Waals surface area (Å²) in [5.41, 5.74) is 8.85. The Balaban J connectivity index is 1.80. The number of rotatable bonds is 8. The monoisotopic (exact) mass is 396 g/mol. The number of nitrogens with two attached hydrogens (primary N) is 1. The summed E-state index contributed by atoms with van der Waals surface area (Å²) in [6.45, 7) is 3.05. The van der Waals surface area contributed by atoms with Gasteiger partial charge in [0.2, 0.25) is 0 Å². The molecule has 1 unspecified atom stereocenters. The van der Waals surface area contributed by atoms with Gasteiger partial charge in [-0.15, -0.1) is 0 Å². The predicted molar refractivity (Wildman–Crippen MR) is 109 cm³/mol. The molecule has 0 fully saturated rings. The predicted octanol–water partition coefficient (Wildman–Crippen LogP) is 2.55. The molecule has 0 aliphatic rings. The first-order chi connectivity index (χ1) is 13.4. The molecule has 28 heavy (non-hydrogen) atoms. The number of hydrogen-bond acceptors (Lipinski definition) is 6. The van der Waals surface area contributed by atoms with Crippen molar-refractivity contribution in [1.82, 2.24) is 14.9 Å². The van der Waals surface area contributed by atoms with Crippen LogP contribution in [0.5, 0.6) is 0 Å². The maximum Gasteiger partial charge on any atom is 0.195 e. The Labute approximate surface area is 166 Å². The third-order valence-electron chi connectivity index (χ3n) is 4.41. The van der Waals surface area contributed by atoms with Crippen LogP contribution in [0.4, 0.5) is 0 Å². The van der Waals surface area contributed by atoms with Gasteiger partial charge in [-0.2, -0.15) is 0 Å². The van der Waals surface area contributed by atoms with Crippen LogP contribution in [0.3, 0.4) is 0 Å². The number of aryl methyl sites for hydroxylation is 1. The van der Waals surface area contributed by atoms with Crippen molar-refractivity contribution in [3.8, 4) is 0 Å². The van der Waals surface area contributed by atoms with Gasteiger partial charge >= 0.3 is 0 Å². The third-order valence-corrected chi connectivity index (χ3v) is 6.29. The molecule has 0 saturated carbocycles. The van der Waals surface area contributed by atoms with E-state index in [0.717, 1.165) is 17.0 Å². The number of hydrogen-bond donors (Lipinski definition) is 1. The zero-order valence-corrected chi connectivity index (χ0v) is 16.6. The molecule has 146 valence electrons. The quantitative estimate of drug-likeness (QED) is 0.629. The second-order valence-electron chi connectivity index (χ2n) is 6.71. The summed E-state index contributed by atoms with van der Waals surface area (Å²) in [6.07, 6.45) is 3.44. The van der Waals surface area contributed by atoms with E-state index < -0.39 is 15.2 Å². The number of sulfone groups is 1. The molecule has 7 heteroatoms. The summed E-state index contributed by atoms with van der Waals surface area (Å²) in [4.78, 5) is 10.9. The van der Waals surface area contributed by atoms with Gasteiger partial charge in [-0.3, -0.25) is 14.9 Å². The average Bonchev–Trinajstić information content (AvgIpc) is 2.70. The Kier molecular flexibility index (Phi) is 6.51. The van der Waals surface area contributed by atoms with Crippen molar-refractivity contribution < 1.29 is 8.42 Å². The molecular weight excluding hydrogens is 372 g/mol. The molecule has 0 radical (unpaired) electrons. The molecular formula is C21H24N4O2S. The highest BCUT2D eigenvalue weighted by molar-refractivity contribution is 7.92. The first-order valence-corrected chi connectivity index (χ1v) is 10.6. The highest BCUT2D eigenvalue weighted by Crippen LogP contribution is 2.17. The summed E-state index contributed by atoms with van der Waals surface area (Å²) < 4.78 is 25.8. The molecule has 0 amide bonds. The molecule has 0 saturated heterocycles. The van der Waals surface area contributed by atoms with Crippen LogP contribution in [-0.4, -0.2) is 35.2 Å². The van der Waals surface area contributed by atoms with Crippen LogP contribution in [0.25, 0.3) is 0 Å². The van der Waals surface area contributed by atoms with E-state index in [9.17, 15) is 8.42 Å². The highest BCUT2D eigenvalue weighted by atomic mass is 32.2. The largest absolute Gasteiger partial charge is 0.314 e. The number of benzene rings is 1. The maximum absolute atomic E-state index is 12.9. The normalized spacial score (nSPS) is 12.8. The van der Waals surface area contributed by atoms with Gasteiger partial charge in [0.25, 0.3) is 0 Å². The van der Waals surface area contributed by atoms with E-state index in [2.05, 4.69) is 9.97 Å². The Morgan fingerprint density at radius 3 is 1.89 bits per heavy atom. The molecule has 2 aromatic heterocycles. The summed E-state index contributed by atoms with van der Waals surface area (Å²) in [5, 5.41) is -1.05. The van der Waals surface area contributed by atoms with Crippen LogP contribution in [-0.2, 0) is 22.9 Å². The number of aromatic nitrogens is 2. The lowest BCUT2D eigenvalue weighted by Gasteiger charge is -2.25. The van der Waals surface area contributed by atoms with Crippen LogP contribution >= 0.6 is 0 Å². The minimum atomic E-state index is -3.64. The maximum atomic E-state index is 12.9. The zero-order chi connectivity index (χ0) is 20.0. The van der Waals surface area contributed by atoms with Crippen molar-refractivity contribution in [3.63, 3.8) is 0 Å². The standard InChI is InChI=1S/C21H24N4O2S/c1-17-8-10-20(11-9-17)28(26,27)21(22)16-25(14-18-6-2-4-12-23-18)15-19-7-3-5-13-24-19/h2-13,21H,14-16,22H2,1H3. The van der Waals surface area contributed by atoms with Crippen LogP contribution in [0, 0.1) is 6.92 Å². The summed E-state index contributed by atoms with van der Waals surface area (Å²) >= 11 is 0. The van der Waals surface area contributed by atoms with Gasteiger partial charge in [-0.25, -0.2) is 8.42 Å². The molecule has 0 aliphatic heterocycles. The molecule has 0 bridgehead atoms. The van der Waals surface area contributed by atoms with Crippen LogP contribution in [0.15, 0.2) is 78.0 Å². The average molecular weight is 397 g/mol. The number of pyridine rings is 2. The number of nitrogens with zero attached hydrogens (tertiary/aromatic N) is 3. The molecule has 1 atom stereocenters. The molecule has 2 heterocycles. The zero-order valence-electron chi connectivity index (χ0n) is 15.8. The second kappa shape index (κ2) is 9.05. The van der Waals surface area contributed by atoms with Gasteiger partial charge < -0.3 is 5.73 Å². The summed E-state index contributed by atoms with van der Waals surface area (Å²) in [5.74, 6) is 0. The third kappa shape index (κ3) is 5.22. The smallest absolute Gasteiger partial charge is 0.195 e. The molecule has 0 aliphatic carbocycles. The fraction of sp³-hybridized carbons (Fsp3) is 0.238. The molecule has 0 spiro atoms. The Morgan fingerprint density at radius 1 is 0.893 bits per heavy atom. The Bertz CT molecular complexity index is 936. The first kappa shape index (κ1) is 20.1. The molecule has 6 nitrogen and oxygen atoms in total. The van der Waals surface area contributed by atoms with Crippen molar-refractivity contribution >= 4 is 9.84 Å². The van der Waals surface area contributed by atoms with Gasteiger partial charge in [0.1, 0.15) is 5.37 Å². The van der Waals surface area contributed by atoms with Crippen molar-refractivity contribution in [2.24, 2.45) is 5.73 Å². The first-order valence-electron chi connectivity index (χ1n) is 9.03. The van der Waals surface area contributed by atoms with E-state index >= 15 is 0 Å². The van der Waals surface area contributed by atoms with E-state index in [1.807, 2.05) is 48.2 Å². The van der Waals surface area contributed by atoms with Gasteiger partial charge in [0.05, 0.1) is 16.3 Å². The molecule has 3 aromatic rings. The van der Waals surface area contributed by atoms with Gasteiger partial charge in [0, 0.05) is 32.0 Å². The Morgan fingerprint density at radius 2 is 1.43 bits per heavy atom. The van der Waals surface area contributed by atoms with Gasteiger partial charge in [0.15, 0.2) is 9.84 Å². The van der Waals surface area contributed by atoms with Crippen LogP contribution in [0.2, 0.25) is 0 Å². The fourth-order valence-corrected chi connectivity index (χ4v) is 4.15. The summed E-state index contributed by atoms with van der Waals surface area (Å²) in [7, 11) is -3.64. The lowest BCUT2D eigenvalue weighted by atomic mass is 10.2. The van der Waals surface area contributed by atoms with Crippen molar-refractivity contribution in [1.29, 1.82) is 0 Å². The van der Waals surface area contributed by atoms with E-state index in [-0.39, 0.29) is 11.4 Å². The van der Waals surface area contributed by atoms with E-state index in [4.69, 9.17) is 5.73 Å². The second-order valence-corrected chi connectivity index (χ2v) is 8.88. The van der Waals surface area contributed by atoms with Crippen molar-refractivity contribution in [2.75, 3.05) is 6.54 Å². The fourth-order valence-electron chi connectivity index (χ4n) is 2.88. The topological polar surface area (TPSA) is 89.2 Å². The highest BCUT2D eigenvalue weighted by Gasteiger charge is 2.26.